The lowest BCUT2D eigenvalue weighted by Gasteiger charge is -2.40. The number of piperazine rings is 1. The molecule has 0 aliphatic carbocycles. The molecule has 8 nitrogen and oxygen atoms in total. The van der Waals surface area contributed by atoms with Crippen LogP contribution in [0, 0.1) is 12.3 Å². The second-order valence-corrected chi connectivity index (χ2v) is 11.3. The molecular weight excluding hydrogens is 531 g/mol. The number of nitrogens with zero attached hydrogens (tertiary/aromatic N) is 4. The fraction of sp³-hybridized carbons (Fsp3) is 0.267. The molecule has 1 atom stereocenters. The van der Waals surface area contributed by atoms with Crippen LogP contribution in [0.4, 0.5) is 3.89 Å². The van der Waals surface area contributed by atoms with E-state index >= 15 is 0 Å². The molecule has 1 aliphatic rings. The maximum Gasteiger partial charge on any atom is 0.332 e. The highest BCUT2D eigenvalue weighted by atomic mass is 32.3. The van der Waals surface area contributed by atoms with E-state index in [1.807, 2.05) is 58.9 Å². The fourth-order valence-corrected chi connectivity index (χ4v) is 5.78. The van der Waals surface area contributed by atoms with E-state index in [1.54, 1.807) is 19.5 Å². The van der Waals surface area contributed by atoms with Crippen molar-refractivity contribution >= 4 is 27.2 Å². The topological polar surface area (TPSA) is 84.7 Å². The van der Waals surface area contributed by atoms with Gasteiger partial charge in [-0.15, -0.1) is 10.3 Å². The number of terminal acetylenes is 1. The van der Waals surface area contributed by atoms with E-state index in [-0.39, 0.29) is 11.9 Å². The predicted octanol–water partition coefficient (Wildman–Crippen LogP) is 4.08. The van der Waals surface area contributed by atoms with Gasteiger partial charge in [0.15, 0.2) is 0 Å². The Balaban J connectivity index is 1.28. The van der Waals surface area contributed by atoms with Gasteiger partial charge in [-0.1, -0.05) is 24.1 Å². The number of fused-ring (bicyclic) bond motifs is 1. The quantitative estimate of drug-likeness (QED) is 0.250. The van der Waals surface area contributed by atoms with E-state index in [4.69, 9.17) is 11.2 Å². The zero-order valence-electron chi connectivity index (χ0n) is 22.2. The average molecular weight is 561 g/mol. The molecule has 1 saturated heterocycles. The van der Waals surface area contributed by atoms with E-state index in [0.717, 1.165) is 28.4 Å². The Labute approximate surface area is 233 Å². The van der Waals surface area contributed by atoms with E-state index in [2.05, 4.69) is 15.8 Å². The molecule has 0 radical (unpaired) electrons. The Morgan fingerprint density at radius 1 is 1.12 bits per heavy atom. The van der Waals surface area contributed by atoms with Gasteiger partial charge in [-0.05, 0) is 55.0 Å². The lowest BCUT2D eigenvalue weighted by atomic mass is 10.1. The first kappa shape index (κ1) is 27.4. The molecule has 1 aromatic heterocycles. The van der Waals surface area contributed by atoms with Crippen LogP contribution in [0.3, 0.4) is 0 Å². The summed E-state index contributed by atoms with van der Waals surface area (Å²) in [5, 5.41) is 0. The fourth-order valence-electron chi connectivity index (χ4n) is 5.22. The van der Waals surface area contributed by atoms with Crippen molar-refractivity contribution < 1.29 is 21.8 Å². The molecule has 0 unspecified atom stereocenters. The lowest BCUT2D eigenvalue weighted by Crippen LogP contribution is -2.53. The van der Waals surface area contributed by atoms with Gasteiger partial charge in [0.2, 0.25) is 0 Å². The molecule has 10 heteroatoms. The Kier molecular flexibility index (Phi) is 7.61. The van der Waals surface area contributed by atoms with Crippen molar-refractivity contribution in [2.75, 3.05) is 26.7 Å². The van der Waals surface area contributed by atoms with Crippen LogP contribution >= 0.6 is 0 Å². The third-order valence-electron chi connectivity index (χ3n) is 7.19. The van der Waals surface area contributed by atoms with Crippen LogP contribution in [-0.2, 0) is 23.3 Å². The molecule has 1 fully saturated rings. The van der Waals surface area contributed by atoms with Gasteiger partial charge in [-0.3, -0.25) is 9.69 Å². The van der Waals surface area contributed by atoms with Gasteiger partial charge >= 0.3 is 10.2 Å². The van der Waals surface area contributed by atoms with Crippen molar-refractivity contribution in [3.8, 4) is 18.1 Å². The maximum absolute atomic E-state index is 13.6. The van der Waals surface area contributed by atoms with Crippen LogP contribution in [-0.4, -0.2) is 66.5 Å². The number of hydrogen-bond acceptors (Lipinski definition) is 6. The van der Waals surface area contributed by atoms with E-state index < -0.39 is 15.1 Å². The molecule has 5 rings (SSSR count). The van der Waals surface area contributed by atoms with Crippen molar-refractivity contribution in [2.24, 2.45) is 0 Å². The van der Waals surface area contributed by atoms with Crippen LogP contribution in [0.15, 0.2) is 71.9 Å². The number of ether oxygens (including phenoxy) is 1. The van der Waals surface area contributed by atoms with Gasteiger partial charge in [0, 0.05) is 48.9 Å². The zero-order chi connectivity index (χ0) is 28.4. The first-order valence-electron chi connectivity index (χ1n) is 12.8. The average Bonchev–Trinajstić information content (AvgIpc) is 3.34. The van der Waals surface area contributed by atoms with Crippen molar-refractivity contribution in [3.63, 3.8) is 0 Å². The monoisotopic (exact) mass is 560 g/mol. The number of imidazole rings is 1. The summed E-state index contributed by atoms with van der Waals surface area (Å²) < 4.78 is 44.0. The molecule has 206 valence electrons. The maximum atomic E-state index is 13.6. The predicted molar refractivity (Wildman–Crippen MR) is 150 cm³/mol. The van der Waals surface area contributed by atoms with Crippen LogP contribution in [0.2, 0.25) is 0 Å². The van der Waals surface area contributed by atoms with E-state index in [9.17, 15) is 17.1 Å². The number of hydrogen-bond donors (Lipinski definition) is 0. The van der Waals surface area contributed by atoms with Crippen molar-refractivity contribution in [1.82, 2.24) is 19.4 Å². The molecule has 40 heavy (non-hydrogen) atoms. The number of methoxy groups -OCH3 is 1. The highest BCUT2D eigenvalue weighted by molar-refractivity contribution is 7.86. The van der Waals surface area contributed by atoms with Gasteiger partial charge in [-0.25, -0.2) is 4.98 Å². The summed E-state index contributed by atoms with van der Waals surface area (Å²) in [5.74, 6) is 3.11. The second-order valence-electron chi connectivity index (χ2n) is 9.92. The summed E-state index contributed by atoms with van der Waals surface area (Å²) >= 11 is 0. The van der Waals surface area contributed by atoms with Crippen molar-refractivity contribution in [2.45, 2.75) is 31.0 Å². The minimum atomic E-state index is -4.87. The summed E-state index contributed by atoms with van der Waals surface area (Å²) in [6.07, 6.45) is 7.20. The summed E-state index contributed by atoms with van der Waals surface area (Å²) in [4.78, 5) is 21.5. The lowest BCUT2D eigenvalue weighted by molar-refractivity contribution is 0.0475. The largest absolute Gasteiger partial charge is 0.496 e. The summed E-state index contributed by atoms with van der Waals surface area (Å²) in [7, 11) is -3.22. The number of aromatic nitrogens is 2. The van der Waals surface area contributed by atoms with Crippen LogP contribution in [0.5, 0.6) is 5.75 Å². The summed E-state index contributed by atoms with van der Waals surface area (Å²) in [6, 6.07) is 17.4. The van der Waals surface area contributed by atoms with Gasteiger partial charge < -0.3 is 14.2 Å². The first-order valence-corrected chi connectivity index (χ1v) is 14.2. The molecule has 0 saturated carbocycles. The number of rotatable bonds is 7. The van der Waals surface area contributed by atoms with Crippen LogP contribution in [0.25, 0.3) is 11.0 Å². The zero-order valence-corrected chi connectivity index (χ0v) is 23.1. The molecule has 0 N–H and O–H groups in total. The third-order valence-corrected chi connectivity index (χ3v) is 7.99. The Bertz CT molecular complexity index is 1730. The number of amides is 1. The van der Waals surface area contributed by atoms with E-state index in [1.165, 1.54) is 6.07 Å². The molecule has 0 spiro atoms. The molecule has 1 amide bonds. The molecule has 2 heterocycles. The van der Waals surface area contributed by atoms with Crippen molar-refractivity contribution in [1.29, 1.82) is 0 Å². The molecular formula is C30H29FN4O4S. The molecule has 3 aromatic carbocycles. The van der Waals surface area contributed by atoms with Gasteiger partial charge in [-0.2, -0.15) is 8.42 Å². The van der Waals surface area contributed by atoms with Gasteiger partial charge in [0.05, 0.1) is 31.0 Å². The summed E-state index contributed by atoms with van der Waals surface area (Å²) in [5.41, 5.74) is 4.16. The minimum Gasteiger partial charge on any atom is -0.496 e. The summed E-state index contributed by atoms with van der Waals surface area (Å²) in [6.45, 7) is 4.59. The molecule has 1 aliphatic heterocycles. The SMILES string of the molecule is C#Cc1cc(CN2CCN(C(=O)c3ccc4c(c3)ncn4Cc3ccccc3OC)[C@H](C)C2)cc(S(=O)(=O)F)c1. The van der Waals surface area contributed by atoms with E-state index in [0.29, 0.717) is 49.4 Å². The molecule has 0 bridgehead atoms. The van der Waals surface area contributed by atoms with Gasteiger partial charge in [0.25, 0.3) is 5.91 Å². The van der Waals surface area contributed by atoms with Crippen molar-refractivity contribution in [3.05, 3.63) is 89.2 Å². The number of halogens is 1. The number of carbonyl (C=O) groups is 1. The Morgan fingerprint density at radius 3 is 2.65 bits per heavy atom. The molecule has 4 aromatic rings. The number of benzene rings is 3. The Hall–Kier alpha value is -4.20. The standard InChI is InChI=1S/C30H29FN4O4S/c1-4-22-13-23(15-26(14-22)40(31,37)38)18-33-11-12-35(21(2)17-33)30(36)24-9-10-28-27(16-24)32-20-34(28)19-25-7-5-6-8-29(25)39-3/h1,5-10,13-16,20-21H,11-12,17-19H2,2-3H3/t21-/m1/s1. The minimum absolute atomic E-state index is 0.0755. The van der Waals surface area contributed by atoms with Crippen LogP contribution in [0.1, 0.15) is 34.0 Å². The second kappa shape index (κ2) is 11.1. The highest BCUT2D eigenvalue weighted by Gasteiger charge is 2.29. The smallest absolute Gasteiger partial charge is 0.332 e. The highest BCUT2D eigenvalue weighted by Crippen LogP contribution is 2.24. The number of carbonyl (C=O) groups excluding carboxylic acids is 1. The third kappa shape index (κ3) is 5.71. The van der Waals surface area contributed by atoms with Crippen LogP contribution < -0.4 is 4.74 Å². The first-order chi connectivity index (χ1) is 19.2. The normalized spacial score (nSPS) is 16.1. The Morgan fingerprint density at radius 2 is 1.93 bits per heavy atom. The van der Waals surface area contributed by atoms with Gasteiger partial charge in [0.1, 0.15) is 10.6 Å². The number of para-hydroxylation sites is 1.